The highest BCUT2D eigenvalue weighted by molar-refractivity contribution is 7.93. The minimum absolute atomic E-state index is 0.100. The molecule has 7 heteroatoms. The highest BCUT2D eigenvalue weighted by Crippen LogP contribution is 2.27. The van der Waals surface area contributed by atoms with Gasteiger partial charge in [0.2, 0.25) is 0 Å². The highest BCUT2D eigenvalue weighted by atomic mass is 32.2. The summed E-state index contributed by atoms with van der Waals surface area (Å²) < 4.78 is 32.1. The first-order valence-corrected chi connectivity index (χ1v) is 7.84. The largest absolute Gasteiger partial charge is 0.495 e. The smallest absolute Gasteiger partial charge is 0.267 e. The number of anilines is 1. The molecule has 0 saturated heterocycles. The minimum atomic E-state index is -3.69. The number of benzene rings is 1. The van der Waals surface area contributed by atoms with Gasteiger partial charge >= 0.3 is 0 Å². The Balaban J connectivity index is 2.37. The Labute approximate surface area is 116 Å². The average molecular weight is 298 g/mol. The number of aromatic nitrogens is 1. The minimum Gasteiger partial charge on any atom is -0.495 e. The molecule has 0 aliphatic heterocycles. The van der Waals surface area contributed by atoms with E-state index in [0.29, 0.717) is 10.9 Å². The molecule has 0 spiro atoms. The molecule has 0 aliphatic carbocycles. The first kappa shape index (κ1) is 13.8. The topological polar surface area (TPSA) is 68.3 Å². The summed E-state index contributed by atoms with van der Waals surface area (Å²) in [5.41, 5.74) is 0.822. The van der Waals surface area contributed by atoms with Crippen molar-refractivity contribution in [3.8, 4) is 5.75 Å². The molecule has 2 rings (SSSR count). The van der Waals surface area contributed by atoms with E-state index in [-0.39, 0.29) is 4.90 Å². The predicted octanol–water partition coefficient (Wildman–Crippen LogP) is 2.57. The van der Waals surface area contributed by atoms with Gasteiger partial charge in [0.1, 0.15) is 10.6 Å². The Morgan fingerprint density at radius 3 is 2.53 bits per heavy atom. The Morgan fingerprint density at radius 1 is 1.26 bits per heavy atom. The number of sulfonamides is 1. The summed E-state index contributed by atoms with van der Waals surface area (Å²) in [6.07, 6.45) is 0. The van der Waals surface area contributed by atoms with Crippen molar-refractivity contribution in [2.24, 2.45) is 0 Å². The fourth-order valence-electron chi connectivity index (χ4n) is 1.53. The maximum atomic E-state index is 12.3. The lowest BCUT2D eigenvalue weighted by atomic mass is 10.3. The summed E-state index contributed by atoms with van der Waals surface area (Å²) in [7, 11) is -2.25. The van der Waals surface area contributed by atoms with Gasteiger partial charge in [0.05, 0.1) is 12.8 Å². The van der Waals surface area contributed by atoms with E-state index in [1.807, 2.05) is 13.8 Å². The first-order valence-electron chi connectivity index (χ1n) is 5.54. The molecule has 0 saturated carbocycles. The molecule has 0 unspecified atom stereocenters. The molecular weight excluding hydrogens is 284 g/mol. The number of thiazole rings is 1. The maximum Gasteiger partial charge on any atom is 0.267 e. The summed E-state index contributed by atoms with van der Waals surface area (Å²) in [5.74, 6) is 0.306. The van der Waals surface area contributed by atoms with Crippen LogP contribution in [0.4, 0.5) is 5.13 Å². The van der Waals surface area contributed by atoms with Gasteiger partial charge in [-0.25, -0.2) is 13.4 Å². The zero-order chi connectivity index (χ0) is 14.0. The summed E-state index contributed by atoms with van der Waals surface area (Å²) in [6.45, 7) is 3.74. The van der Waals surface area contributed by atoms with Gasteiger partial charge in [0, 0.05) is 4.88 Å². The second-order valence-corrected chi connectivity index (χ2v) is 6.77. The van der Waals surface area contributed by atoms with Crippen molar-refractivity contribution in [1.29, 1.82) is 0 Å². The predicted molar refractivity (Wildman–Crippen MR) is 75.4 cm³/mol. The number of hydrogen-bond donors (Lipinski definition) is 1. The lowest BCUT2D eigenvalue weighted by molar-refractivity contribution is 0.403. The molecule has 0 aliphatic rings. The van der Waals surface area contributed by atoms with Crippen LogP contribution in [0.1, 0.15) is 10.6 Å². The van der Waals surface area contributed by atoms with Crippen LogP contribution in [0.3, 0.4) is 0 Å². The SMILES string of the molecule is COc1ccccc1S(=O)(=O)Nc1nc(C)c(C)s1. The van der Waals surface area contributed by atoms with Crippen molar-refractivity contribution in [3.63, 3.8) is 0 Å². The first-order chi connectivity index (χ1) is 8.94. The van der Waals surface area contributed by atoms with Crippen LogP contribution >= 0.6 is 11.3 Å². The van der Waals surface area contributed by atoms with E-state index in [9.17, 15) is 8.42 Å². The fourth-order valence-corrected chi connectivity index (χ4v) is 3.75. The van der Waals surface area contributed by atoms with Gasteiger partial charge < -0.3 is 4.74 Å². The van der Waals surface area contributed by atoms with Crippen molar-refractivity contribution in [2.75, 3.05) is 11.8 Å². The zero-order valence-electron chi connectivity index (χ0n) is 10.8. The van der Waals surface area contributed by atoms with Crippen molar-refractivity contribution >= 4 is 26.5 Å². The highest BCUT2D eigenvalue weighted by Gasteiger charge is 2.20. The Morgan fingerprint density at radius 2 is 1.95 bits per heavy atom. The molecule has 0 fully saturated rings. The number of nitrogens with one attached hydrogen (secondary N) is 1. The van der Waals surface area contributed by atoms with Crippen LogP contribution in [0.25, 0.3) is 0 Å². The third-order valence-corrected chi connectivity index (χ3v) is 5.10. The third-order valence-electron chi connectivity index (χ3n) is 2.61. The van der Waals surface area contributed by atoms with Gasteiger partial charge in [-0.05, 0) is 26.0 Å². The quantitative estimate of drug-likeness (QED) is 0.942. The van der Waals surface area contributed by atoms with E-state index in [1.165, 1.54) is 24.5 Å². The number of nitrogens with zero attached hydrogens (tertiary/aromatic N) is 1. The van der Waals surface area contributed by atoms with Gasteiger partial charge in [0.25, 0.3) is 10.0 Å². The number of ether oxygens (including phenoxy) is 1. The standard InChI is InChI=1S/C12H14N2O3S2/c1-8-9(2)18-12(13-8)14-19(15,16)11-7-5-4-6-10(11)17-3/h4-7H,1-3H3,(H,13,14). The van der Waals surface area contributed by atoms with Gasteiger partial charge in [-0.2, -0.15) is 0 Å². The van der Waals surface area contributed by atoms with E-state index in [1.54, 1.807) is 18.2 Å². The number of methoxy groups -OCH3 is 1. The van der Waals surface area contributed by atoms with Crippen molar-refractivity contribution in [3.05, 3.63) is 34.8 Å². The van der Waals surface area contributed by atoms with Crippen LogP contribution in [0.15, 0.2) is 29.2 Å². The van der Waals surface area contributed by atoms with Crippen molar-refractivity contribution in [2.45, 2.75) is 18.7 Å². The number of para-hydroxylation sites is 1. The second kappa shape index (κ2) is 5.18. The van der Waals surface area contributed by atoms with Crippen molar-refractivity contribution < 1.29 is 13.2 Å². The normalized spacial score (nSPS) is 11.3. The monoisotopic (exact) mass is 298 g/mol. The van der Waals surface area contributed by atoms with Crippen molar-refractivity contribution in [1.82, 2.24) is 4.98 Å². The molecule has 1 aromatic heterocycles. The van der Waals surface area contributed by atoms with E-state index in [4.69, 9.17) is 4.74 Å². The Kier molecular flexibility index (Phi) is 3.77. The molecule has 0 bridgehead atoms. The average Bonchev–Trinajstić information content (AvgIpc) is 2.67. The van der Waals surface area contributed by atoms with Gasteiger partial charge in [-0.1, -0.05) is 12.1 Å². The van der Waals surface area contributed by atoms with Crippen LogP contribution < -0.4 is 9.46 Å². The van der Waals surface area contributed by atoms with Gasteiger partial charge in [-0.15, -0.1) is 11.3 Å². The van der Waals surface area contributed by atoms with E-state index in [0.717, 1.165) is 10.6 Å². The maximum absolute atomic E-state index is 12.3. The number of rotatable bonds is 4. The van der Waals surface area contributed by atoms with Crippen LogP contribution in [-0.4, -0.2) is 20.5 Å². The summed E-state index contributed by atoms with van der Waals surface area (Å²) in [6, 6.07) is 6.46. The van der Waals surface area contributed by atoms with E-state index >= 15 is 0 Å². The number of hydrogen-bond acceptors (Lipinski definition) is 5. The van der Waals surface area contributed by atoms with Gasteiger partial charge in [0.15, 0.2) is 5.13 Å². The molecule has 0 atom stereocenters. The zero-order valence-corrected chi connectivity index (χ0v) is 12.4. The molecule has 1 aromatic carbocycles. The lowest BCUT2D eigenvalue weighted by Crippen LogP contribution is -2.13. The second-order valence-electron chi connectivity index (χ2n) is 3.92. The molecule has 102 valence electrons. The molecular formula is C12H14N2O3S2. The van der Waals surface area contributed by atoms with E-state index < -0.39 is 10.0 Å². The molecule has 1 heterocycles. The summed E-state index contributed by atoms with van der Waals surface area (Å²) in [4.78, 5) is 5.25. The lowest BCUT2D eigenvalue weighted by Gasteiger charge is -2.09. The van der Waals surface area contributed by atoms with Crippen LogP contribution in [0.5, 0.6) is 5.75 Å². The Bertz CT molecular complexity index is 673. The number of aryl methyl sites for hydroxylation is 2. The molecule has 1 N–H and O–H groups in total. The fraction of sp³-hybridized carbons (Fsp3) is 0.250. The van der Waals surface area contributed by atoms with E-state index in [2.05, 4.69) is 9.71 Å². The molecule has 5 nitrogen and oxygen atoms in total. The summed E-state index contributed by atoms with van der Waals surface area (Å²) in [5, 5.41) is 0.362. The molecule has 0 radical (unpaired) electrons. The Hall–Kier alpha value is -1.60. The van der Waals surface area contributed by atoms with Crippen LogP contribution in [0, 0.1) is 13.8 Å². The molecule has 19 heavy (non-hydrogen) atoms. The van der Waals surface area contributed by atoms with Gasteiger partial charge in [-0.3, -0.25) is 4.72 Å². The molecule has 2 aromatic rings. The van der Waals surface area contributed by atoms with Crippen LogP contribution in [0.2, 0.25) is 0 Å². The molecule has 0 amide bonds. The summed E-state index contributed by atoms with van der Waals surface area (Å²) >= 11 is 1.31. The third kappa shape index (κ3) is 2.87. The van der Waals surface area contributed by atoms with Crippen LogP contribution in [-0.2, 0) is 10.0 Å².